The zero-order valence-electron chi connectivity index (χ0n) is 16.5. The zero-order valence-corrected chi connectivity index (χ0v) is 18.2. The summed E-state index contributed by atoms with van der Waals surface area (Å²) in [7, 11) is -4.45. The summed E-state index contributed by atoms with van der Waals surface area (Å²) in [6, 6.07) is 7.62. The summed E-state index contributed by atoms with van der Waals surface area (Å²) in [5, 5.41) is 14.3. The van der Waals surface area contributed by atoms with Gasteiger partial charge in [-0.25, -0.2) is 27.2 Å². The number of aromatic nitrogens is 1. The maximum atomic E-state index is 14.0. The van der Waals surface area contributed by atoms with Crippen molar-refractivity contribution in [2.45, 2.75) is 18.2 Å². The standard InChI is InChI=1S/C20H17F2N3O5S2/c1-2-30-18(26)10-13-11-31-20(23-13)24-19(27)14-5-3-4-6-16(14)25-32(28,29)17-8-7-12(21)9-15(17)22/h3-9,11,25H,2,10H2,1H3,(H,23,24,27)/p-1. The summed E-state index contributed by atoms with van der Waals surface area (Å²) in [5.74, 6) is -3.48. The zero-order chi connectivity index (χ0) is 23.3. The van der Waals surface area contributed by atoms with Crippen molar-refractivity contribution in [3.05, 3.63) is 70.7 Å². The molecule has 3 aromatic rings. The first-order valence-electron chi connectivity index (χ1n) is 9.12. The molecule has 32 heavy (non-hydrogen) atoms. The molecule has 0 radical (unpaired) electrons. The van der Waals surface area contributed by atoms with Gasteiger partial charge in [0.2, 0.25) is 5.13 Å². The molecule has 0 aliphatic heterocycles. The molecule has 1 heterocycles. The number of hydrogen-bond donors (Lipinski definition) is 1. The van der Waals surface area contributed by atoms with Crippen LogP contribution in [0.3, 0.4) is 0 Å². The van der Waals surface area contributed by atoms with Crippen molar-refractivity contribution < 1.29 is 31.8 Å². The van der Waals surface area contributed by atoms with Gasteiger partial charge in [0, 0.05) is 17.0 Å². The second kappa shape index (κ2) is 9.83. The SMILES string of the molecule is CCOC(=O)Cc1csc(N=C([O-])c2ccccc2NS(=O)(=O)c2ccc(F)cc2F)n1. The van der Waals surface area contributed by atoms with E-state index in [4.69, 9.17) is 4.74 Å². The number of nitrogens with one attached hydrogen (secondary N) is 1. The van der Waals surface area contributed by atoms with Crippen LogP contribution in [0, 0.1) is 11.6 Å². The number of ether oxygens (including phenoxy) is 1. The lowest BCUT2D eigenvalue weighted by molar-refractivity contribution is -0.212. The first kappa shape index (κ1) is 23.3. The molecule has 0 saturated heterocycles. The highest BCUT2D eigenvalue weighted by atomic mass is 32.2. The molecule has 0 spiro atoms. The van der Waals surface area contributed by atoms with Crippen LogP contribution in [-0.4, -0.2) is 31.9 Å². The molecule has 0 unspecified atom stereocenters. The number of rotatable bonds is 8. The number of nitrogens with zero attached hydrogens (tertiary/aromatic N) is 2. The highest BCUT2D eigenvalue weighted by Crippen LogP contribution is 2.24. The number of thiazole rings is 1. The number of hydrogen-bond acceptors (Lipinski definition) is 8. The van der Waals surface area contributed by atoms with Crippen molar-refractivity contribution in [1.29, 1.82) is 0 Å². The molecule has 0 aliphatic rings. The van der Waals surface area contributed by atoms with Gasteiger partial charge >= 0.3 is 5.97 Å². The van der Waals surface area contributed by atoms with Gasteiger partial charge in [0.25, 0.3) is 10.0 Å². The Balaban J connectivity index is 1.86. The van der Waals surface area contributed by atoms with Crippen LogP contribution < -0.4 is 9.83 Å². The quantitative estimate of drug-likeness (QED) is 0.301. The Kier molecular flexibility index (Phi) is 7.15. The molecule has 0 saturated carbocycles. The van der Waals surface area contributed by atoms with Crippen LogP contribution in [0.4, 0.5) is 19.6 Å². The number of anilines is 1. The lowest BCUT2D eigenvalue weighted by Crippen LogP contribution is -2.22. The van der Waals surface area contributed by atoms with E-state index in [0.29, 0.717) is 11.8 Å². The fraction of sp³-hybridized carbons (Fsp3) is 0.150. The molecular weight excluding hydrogens is 464 g/mol. The van der Waals surface area contributed by atoms with Gasteiger partial charge in [-0.1, -0.05) is 18.2 Å². The molecule has 0 amide bonds. The molecular formula is C20H16F2N3O5S2-. The number of para-hydroxylation sites is 1. The summed E-state index contributed by atoms with van der Waals surface area (Å²) < 4.78 is 59.1. The minimum atomic E-state index is -4.45. The van der Waals surface area contributed by atoms with Gasteiger partial charge in [-0.3, -0.25) is 9.52 Å². The molecule has 1 N–H and O–H groups in total. The topological polar surface area (TPSA) is 121 Å². The minimum absolute atomic E-state index is 0.0662. The van der Waals surface area contributed by atoms with Gasteiger partial charge in [0.15, 0.2) is 0 Å². The lowest BCUT2D eigenvalue weighted by Gasteiger charge is -2.16. The number of esters is 1. The number of carbonyl (C=O) groups excluding carboxylic acids is 1. The predicted molar refractivity (Wildman–Crippen MR) is 112 cm³/mol. The Morgan fingerprint density at radius 1 is 1.25 bits per heavy atom. The van der Waals surface area contributed by atoms with E-state index >= 15 is 0 Å². The summed E-state index contributed by atoms with van der Waals surface area (Å²) in [5.41, 5.74) is 0.120. The molecule has 168 valence electrons. The first-order chi connectivity index (χ1) is 15.2. The second-order valence-electron chi connectivity index (χ2n) is 6.25. The third-order valence-electron chi connectivity index (χ3n) is 3.95. The van der Waals surface area contributed by atoms with Crippen molar-refractivity contribution >= 4 is 44.0 Å². The van der Waals surface area contributed by atoms with Crippen LogP contribution in [0.15, 0.2) is 57.7 Å². The second-order valence-corrected chi connectivity index (χ2v) is 8.73. The Morgan fingerprint density at radius 2 is 2.00 bits per heavy atom. The summed E-state index contributed by atoms with van der Waals surface area (Å²) in [4.78, 5) is 18.7. The van der Waals surface area contributed by atoms with E-state index in [1.54, 1.807) is 12.3 Å². The van der Waals surface area contributed by atoms with Crippen molar-refractivity contribution in [3.8, 4) is 0 Å². The lowest BCUT2D eigenvalue weighted by atomic mass is 10.2. The molecule has 0 atom stereocenters. The monoisotopic (exact) mass is 480 g/mol. The molecule has 2 aromatic carbocycles. The number of sulfonamides is 1. The molecule has 0 aliphatic carbocycles. The van der Waals surface area contributed by atoms with Crippen molar-refractivity contribution in [2.24, 2.45) is 4.99 Å². The van der Waals surface area contributed by atoms with Gasteiger partial charge < -0.3 is 9.84 Å². The Morgan fingerprint density at radius 3 is 2.72 bits per heavy atom. The van der Waals surface area contributed by atoms with Crippen LogP contribution in [0.2, 0.25) is 0 Å². The van der Waals surface area contributed by atoms with E-state index < -0.39 is 38.4 Å². The maximum Gasteiger partial charge on any atom is 0.311 e. The summed E-state index contributed by atoms with van der Waals surface area (Å²) >= 11 is 1.02. The first-order valence-corrected chi connectivity index (χ1v) is 11.5. The Labute approximate surface area is 186 Å². The highest BCUT2D eigenvalue weighted by molar-refractivity contribution is 7.92. The number of halogens is 2. The number of carbonyl (C=O) groups is 1. The smallest absolute Gasteiger partial charge is 0.311 e. The molecule has 8 nitrogen and oxygen atoms in total. The Bertz CT molecular complexity index is 1280. The van der Waals surface area contributed by atoms with Gasteiger partial charge in [0.05, 0.1) is 24.4 Å². The summed E-state index contributed by atoms with van der Waals surface area (Å²) in [6.45, 7) is 1.90. The van der Waals surface area contributed by atoms with Crippen molar-refractivity contribution in [2.75, 3.05) is 11.3 Å². The van der Waals surface area contributed by atoms with E-state index in [2.05, 4.69) is 14.7 Å². The van der Waals surface area contributed by atoms with Gasteiger partial charge in [-0.05, 0) is 31.0 Å². The van der Waals surface area contributed by atoms with Gasteiger partial charge in [-0.2, -0.15) is 0 Å². The third kappa shape index (κ3) is 5.65. The van der Waals surface area contributed by atoms with E-state index in [1.807, 2.05) is 0 Å². The third-order valence-corrected chi connectivity index (χ3v) is 6.13. The van der Waals surface area contributed by atoms with Crippen molar-refractivity contribution in [3.63, 3.8) is 0 Å². The van der Waals surface area contributed by atoms with Gasteiger partial charge in [0.1, 0.15) is 16.5 Å². The summed E-state index contributed by atoms with van der Waals surface area (Å²) in [6.07, 6.45) is -0.0757. The molecule has 1 aromatic heterocycles. The highest BCUT2D eigenvalue weighted by Gasteiger charge is 2.21. The van der Waals surface area contributed by atoms with E-state index in [-0.39, 0.29) is 29.4 Å². The van der Waals surface area contributed by atoms with Gasteiger partial charge in [-0.15, -0.1) is 11.3 Å². The molecule has 12 heteroatoms. The predicted octanol–water partition coefficient (Wildman–Crippen LogP) is 2.77. The Hall–Kier alpha value is -3.38. The molecule has 0 fully saturated rings. The average molecular weight is 480 g/mol. The molecule has 0 bridgehead atoms. The van der Waals surface area contributed by atoms with Crippen molar-refractivity contribution in [1.82, 2.24) is 4.98 Å². The van der Waals surface area contributed by atoms with Crippen LogP contribution >= 0.6 is 11.3 Å². The van der Waals surface area contributed by atoms with E-state index in [1.165, 1.54) is 24.3 Å². The van der Waals surface area contributed by atoms with Crippen LogP contribution in [0.1, 0.15) is 18.2 Å². The van der Waals surface area contributed by atoms with Crippen LogP contribution in [0.25, 0.3) is 0 Å². The fourth-order valence-electron chi connectivity index (χ4n) is 2.59. The molecule has 3 rings (SSSR count). The average Bonchev–Trinajstić information content (AvgIpc) is 3.14. The number of aliphatic imine (C=N–C) groups is 1. The number of benzene rings is 2. The van der Waals surface area contributed by atoms with Crippen LogP contribution in [-0.2, 0) is 26.0 Å². The minimum Gasteiger partial charge on any atom is -0.858 e. The van der Waals surface area contributed by atoms with E-state index in [0.717, 1.165) is 23.5 Å². The largest absolute Gasteiger partial charge is 0.858 e. The van der Waals surface area contributed by atoms with Crippen LogP contribution in [0.5, 0.6) is 0 Å². The van der Waals surface area contributed by atoms with E-state index in [9.17, 15) is 27.1 Å². The fourth-order valence-corrected chi connectivity index (χ4v) is 4.41. The maximum absolute atomic E-state index is 14.0. The normalized spacial score (nSPS) is 11.9.